The van der Waals surface area contributed by atoms with E-state index in [9.17, 15) is 27.5 Å². The van der Waals surface area contributed by atoms with Crippen LogP contribution in [0, 0.1) is 18.7 Å². The zero-order valence-corrected chi connectivity index (χ0v) is 19.7. The molecule has 1 aliphatic heterocycles. The zero-order valence-electron chi connectivity index (χ0n) is 19.7. The normalized spacial score (nSPS) is 23.4. The summed E-state index contributed by atoms with van der Waals surface area (Å²) >= 11 is 0. The molecule has 1 aliphatic carbocycles. The first-order chi connectivity index (χ1) is 18.1. The van der Waals surface area contributed by atoms with Gasteiger partial charge in [0.25, 0.3) is 5.82 Å². The number of rotatable bonds is 4. The van der Waals surface area contributed by atoms with Crippen LogP contribution in [0.3, 0.4) is 0 Å². The maximum Gasteiger partial charge on any atom is 0.453 e. The van der Waals surface area contributed by atoms with Crippen LogP contribution in [0.1, 0.15) is 41.6 Å². The smallest absolute Gasteiger partial charge is 0.453 e. The van der Waals surface area contributed by atoms with Crippen LogP contribution in [0.15, 0.2) is 46.9 Å². The lowest BCUT2D eigenvalue weighted by Gasteiger charge is -2.31. The van der Waals surface area contributed by atoms with E-state index < -0.39 is 41.2 Å². The molecule has 0 saturated heterocycles. The third-order valence-electron chi connectivity index (χ3n) is 7.14. The molecule has 1 N–H and O–H groups in total. The van der Waals surface area contributed by atoms with Crippen molar-refractivity contribution in [2.45, 2.75) is 37.5 Å². The fourth-order valence-corrected chi connectivity index (χ4v) is 5.59. The average Bonchev–Trinajstić information content (AvgIpc) is 3.64. The van der Waals surface area contributed by atoms with Crippen molar-refractivity contribution in [1.82, 2.24) is 25.2 Å². The average molecular weight is 529 g/mol. The number of alkyl halides is 3. The number of ether oxygens (including phenoxy) is 1. The maximum atomic E-state index is 13.6. The van der Waals surface area contributed by atoms with Crippen LogP contribution in [0.25, 0.3) is 22.4 Å². The van der Waals surface area contributed by atoms with E-state index in [1.54, 1.807) is 19.1 Å². The number of aryl methyl sites for hydroxylation is 1. The Morgan fingerprint density at radius 1 is 1.21 bits per heavy atom. The van der Waals surface area contributed by atoms with Gasteiger partial charge in [-0.1, -0.05) is 12.1 Å². The molecular weight excluding hydrogens is 510 g/mol. The Morgan fingerprint density at radius 2 is 1.97 bits per heavy atom. The van der Waals surface area contributed by atoms with E-state index in [1.807, 2.05) is 6.08 Å². The monoisotopic (exact) mass is 529 g/mol. The molecule has 1 spiro atoms. The van der Waals surface area contributed by atoms with Gasteiger partial charge < -0.3 is 14.3 Å². The second-order valence-electron chi connectivity index (χ2n) is 9.41. The fraction of sp³-hybridized carbons (Fsp3) is 0.320. The van der Waals surface area contributed by atoms with Gasteiger partial charge in [0.2, 0.25) is 0 Å². The van der Waals surface area contributed by atoms with E-state index in [0.717, 1.165) is 0 Å². The Bertz CT molecular complexity index is 1590. The third kappa shape index (κ3) is 3.85. The lowest BCUT2D eigenvalue weighted by atomic mass is 9.79. The van der Waals surface area contributed by atoms with Crippen molar-refractivity contribution >= 4 is 22.6 Å². The molecule has 4 aromatic rings. The number of oxazole rings is 1. The Hall–Kier alpha value is -4.13. The highest BCUT2D eigenvalue weighted by Gasteiger charge is 2.54. The Kier molecular flexibility index (Phi) is 5.38. The summed E-state index contributed by atoms with van der Waals surface area (Å²) in [6.07, 6.45) is -2.26. The highest BCUT2D eigenvalue weighted by molar-refractivity contribution is 5.91. The first kappa shape index (κ1) is 24.2. The number of hydrogen-bond donors (Lipinski definition) is 1. The number of aromatic nitrogens is 5. The minimum atomic E-state index is -4.80. The van der Waals surface area contributed by atoms with Crippen LogP contribution in [0.2, 0.25) is 0 Å². The van der Waals surface area contributed by atoms with Crippen molar-refractivity contribution in [3.05, 3.63) is 71.1 Å². The number of halogens is 4. The number of carboxylic acid groups (broad SMARTS) is 1. The van der Waals surface area contributed by atoms with Crippen molar-refractivity contribution in [1.29, 1.82) is 0 Å². The summed E-state index contributed by atoms with van der Waals surface area (Å²) in [6, 6.07) is 8.49. The molecule has 0 bridgehead atoms. The van der Waals surface area contributed by atoms with Gasteiger partial charge in [0.05, 0.1) is 23.8 Å². The minimum Gasteiger partial charge on any atom is -0.481 e. The van der Waals surface area contributed by atoms with Gasteiger partial charge in [0.1, 0.15) is 11.3 Å². The predicted octanol–water partition coefficient (Wildman–Crippen LogP) is 4.70. The molecule has 0 amide bonds. The van der Waals surface area contributed by atoms with Crippen molar-refractivity contribution in [3.8, 4) is 5.69 Å². The van der Waals surface area contributed by atoms with Crippen LogP contribution in [-0.2, 0) is 15.7 Å². The molecule has 13 heteroatoms. The van der Waals surface area contributed by atoms with Crippen LogP contribution in [0.4, 0.5) is 17.6 Å². The SMILES string of the molecule is Cc1nc2c(C3=C[C@@]4(CC[C@H](C(=O)O)[C@H]4c4ccc(F)cc4)OC3)cc(-n3nnnc3C(F)(F)F)cc2o1. The van der Waals surface area contributed by atoms with Gasteiger partial charge in [-0.3, -0.25) is 4.79 Å². The standard InChI is InChI=1S/C25H19F4N5O4/c1-12-30-21-18(8-16(9-19(21)38-12)34-23(25(27,28)29)31-32-33-34)14-10-24(37-11-14)7-6-17(22(35)36)20(24)13-2-4-15(26)5-3-13/h2-5,8-10,17,20H,6-7,11H2,1H3,(H,35,36)/t17-,20+,24+/m0/s1. The van der Waals surface area contributed by atoms with E-state index in [2.05, 4.69) is 20.5 Å². The number of nitrogens with zero attached hydrogens (tertiary/aromatic N) is 5. The fourth-order valence-electron chi connectivity index (χ4n) is 5.59. The summed E-state index contributed by atoms with van der Waals surface area (Å²) in [6.45, 7) is 1.66. The summed E-state index contributed by atoms with van der Waals surface area (Å²) in [4.78, 5) is 16.5. The van der Waals surface area contributed by atoms with Gasteiger partial charge in [0.15, 0.2) is 11.5 Å². The van der Waals surface area contributed by atoms with Crippen LogP contribution in [0.5, 0.6) is 0 Å². The number of hydrogen-bond acceptors (Lipinski definition) is 7. The summed E-state index contributed by atoms with van der Waals surface area (Å²) in [5.74, 6) is -3.81. The first-order valence-electron chi connectivity index (χ1n) is 11.7. The van der Waals surface area contributed by atoms with Gasteiger partial charge in [-0.05, 0) is 58.7 Å². The molecule has 1 fully saturated rings. The number of carboxylic acids is 1. The molecule has 196 valence electrons. The second kappa shape index (κ2) is 8.45. The lowest BCUT2D eigenvalue weighted by Crippen LogP contribution is -2.34. The van der Waals surface area contributed by atoms with E-state index in [0.29, 0.717) is 45.6 Å². The molecule has 38 heavy (non-hydrogen) atoms. The topological polar surface area (TPSA) is 116 Å². The molecule has 2 aromatic heterocycles. The Morgan fingerprint density at radius 3 is 2.68 bits per heavy atom. The predicted molar refractivity (Wildman–Crippen MR) is 123 cm³/mol. The lowest BCUT2D eigenvalue weighted by molar-refractivity contribution is -0.146. The molecule has 9 nitrogen and oxygen atoms in total. The quantitative estimate of drug-likeness (QED) is 0.378. The summed E-state index contributed by atoms with van der Waals surface area (Å²) in [5.41, 5.74) is 1.30. The maximum absolute atomic E-state index is 13.6. The molecule has 2 aliphatic rings. The van der Waals surface area contributed by atoms with Crippen molar-refractivity contribution in [2.75, 3.05) is 6.61 Å². The van der Waals surface area contributed by atoms with Gasteiger partial charge >= 0.3 is 12.1 Å². The Balaban J connectivity index is 1.50. The summed E-state index contributed by atoms with van der Waals surface area (Å²) in [7, 11) is 0. The molecule has 6 rings (SSSR count). The van der Waals surface area contributed by atoms with Gasteiger partial charge in [-0.2, -0.15) is 17.9 Å². The molecule has 2 aromatic carbocycles. The number of benzene rings is 2. The number of carbonyl (C=O) groups is 1. The largest absolute Gasteiger partial charge is 0.481 e. The molecule has 0 radical (unpaired) electrons. The zero-order chi connectivity index (χ0) is 26.8. The summed E-state index contributed by atoms with van der Waals surface area (Å²) < 4.78 is 66.7. The van der Waals surface area contributed by atoms with Gasteiger partial charge in [-0.25, -0.2) is 9.37 Å². The van der Waals surface area contributed by atoms with Crippen LogP contribution < -0.4 is 0 Å². The van der Waals surface area contributed by atoms with E-state index in [-0.39, 0.29) is 17.9 Å². The number of aliphatic carboxylic acids is 1. The van der Waals surface area contributed by atoms with Crippen molar-refractivity contribution in [3.63, 3.8) is 0 Å². The second-order valence-corrected chi connectivity index (χ2v) is 9.41. The molecule has 0 unspecified atom stereocenters. The molecule has 3 heterocycles. The van der Waals surface area contributed by atoms with Gasteiger partial charge in [-0.15, -0.1) is 5.10 Å². The van der Waals surface area contributed by atoms with Crippen LogP contribution in [-0.4, -0.2) is 48.5 Å². The molecular formula is C25H19F4N5O4. The van der Waals surface area contributed by atoms with Gasteiger partial charge in [0, 0.05) is 24.5 Å². The third-order valence-corrected chi connectivity index (χ3v) is 7.14. The first-order valence-corrected chi connectivity index (χ1v) is 11.7. The van der Waals surface area contributed by atoms with Crippen LogP contribution >= 0.6 is 0 Å². The summed E-state index contributed by atoms with van der Waals surface area (Å²) in [5, 5.41) is 19.7. The minimum absolute atomic E-state index is 0.00717. The molecule has 1 saturated carbocycles. The number of tetrazole rings is 1. The Labute approximate surface area is 211 Å². The van der Waals surface area contributed by atoms with E-state index in [1.165, 1.54) is 24.3 Å². The molecule has 3 atom stereocenters. The van der Waals surface area contributed by atoms with Crippen molar-refractivity contribution in [2.24, 2.45) is 5.92 Å². The van der Waals surface area contributed by atoms with E-state index in [4.69, 9.17) is 9.15 Å². The van der Waals surface area contributed by atoms with E-state index >= 15 is 0 Å². The van der Waals surface area contributed by atoms with Crippen molar-refractivity contribution < 1.29 is 36.6 Å². The highest BCUT2D eigenvalue weighted by atomic mass is 19.4. The highest BCUT2D eigenvalue weighted by Crippen LogP contribution is 2.54. The number of fused-ring (bicyclic) bond motifs is 1.